The van der Waals surface area contributed by atoms with Gasteiger partial charge >= 0.3 is 0 Å². The molecule has 0 unspecified atom stereocenters. The van der Waals surface area contributed by atoms with E-state index in [0.29, 0.717) is 13.0 Å². The molecule has 1 aliphatic heterocycles. The normalized spacial score (nSPS) is 19.8. The number of nitrogens with one attached hydrogen (secondary N) is 1. The lowest BCUT2D eigenvalue weighted by atomic mass is 10.2. The summed E-state index contributed by atoms with van der Waals surface area (Å²) in [5.74, 6) is 0.199. The van der Waals surface area contributed by atoms with E-state index >= 15 is 0 Å². The summed E-state index contributed by atoms with van der Waals surface area (Å²) in [7, 11) is 0. The first-order valence-electron chi connectivity index (χ1n) is 5.61. The van der Waals surface area contributed by atoms with Crippen molar-refractivity contribution in [3.8, 4) is 0 Å². The van der Waals surface area contributed by atoms with Gasteiger partial charge in [0.25, 0.3) is 0 Å². The molecule has 0 radical (unpaired) electrons. The third-order valence-corrected chi connectivity index (χ3v) is 2.85. The second-order valence-electron chi connectivity index (χ2n) is 4.06. The highest BCUT2D eigenvalue weighted by Gasteiger charge is 2.22. The van der Waals surface area contributed by atoms with E-state index in [1.165, 1.54) is 0 Å². The van der Waals surface area contributed by atoms with E-state index in [0.717, 1.165) is 19.6 Å². The maximum atomic E-state index is 11.9. The Kier molecular flexibility index (Phi) is 5.37. The number of hydrogen-bond donors (Lipinski definition) is 1. The Labute approximate surface area is 107 Å². The van der Waals surface area contributed by atoms with Gasteiger partial charge < -0.3 is 10.2 Å². The molecule has 1 aromatic heterocycles. The maximum absolute atomic E-state index is 11.9. The minimum atomic E-state index is 0. The zero-order chi connectivity index (χ0) is 11.4. The van der Waals surface area contributed by atoms with E-state index in [2.05, 4.69) is 22.6 Å². The van der Waals surface area contributed by atoms with Gasteiger partial charge in [0.1, 0.15) is 0 Å². The fourth-order valence-corrected chi connectivity index (χ4v) is 1.92. The van der Waals surface area contributed by atoms with Gasteiger partial charge in [0.2, 0.25) is 5.91 Å². The molecule has 0 aliphatic carbocycles. The van der Waals surface area contributed by atoms with Crippen LogP contribution in [0.15, 0.2) is 12.4 Å². The molecule has 0 bridgehead atoms. The molecule has 1 atom stereocenters. The minimum Gasteiger partial charge on any atom is -0.337 e. The summed E-state index contributed by atoms with van der Waals surface area (Å²) < 4.78 is 1.69. The number of rotatable bonds is 3. The Morgan fingerprint density at radius 2 is 2.41 bits per heavy atom. The van der Waals surface area contributed by atoms with Crippen molar-refractivity contribution in [3.63, 3.8) is 0 Å². The second-order valence-corrected chi connectivity index (χ2v) is 4.06. The first kappa shape index (κ1) is 13.9. The Hall–Kier alpha value is -1.14. The lowest BCUT2D eigenvalue weighted by Gasteiger charge is -2.34. The number of aryl methyl sites for hydroxylation is 1. The molecule has 0 saturated carbocycles. The number of piperazine rings is 1. The largest absolute Gasteiger partial charge is 0.337 e. The number of hydrogen-bond acceptors (Lipinski definition) is 4. The van der Waals surface area contributed by atoms with Gasteiger partial charge in [-0.3, -0.25) is 9.48 Å². The van der Waals surface area contributed by atoms with Crippen LogP contribution < -0.4 is 5.32 Å². The molecule has 7 heteroatoms. The van der Waals surface area contributed by atoms with Crippen molar-refractivity contribution in [2.24, 2.45) is 0 Å². The van der Waals surface area contributed by atoms with Crippen molar-refractivity contribution in [1.82, 2.24) is 25.2 Å². The van der Waals surface area contributed by atoms with E-state index in [1.54, 1.807) is 17.1 Å². The van der Waals surface area contributed by atoms with Crippen LogP contribution in [0, 0.1) is 0 Å². The van der Waals surface area contributed by atoms with E-state index < -0.39 is 0 Å². The van der Waals surface area contributed by atoms with Gasteiger partial charge in [-0.1, -0.05) is 5.21 Å². The highest BCUT2D eigenvalue weighted by Crippen LogP contribution is 2.05. The van der Waals surface area contributed by atoms with Gasteiger partial charge in [-0.2, -0.15) is 0 Å². The van der Waals surface area contributed by atoms with E-state index in [1.807, 2.05) is 4.90 Å². The van der Waals surface area contributed by atoms with Gasteiger partial charge in [0.15, 0.2) is 0 Å². The zero-order valence-electron chi connectivity index (χ0n) is 9.87. The van der Waals surface area contributed by atoms with Crippen LogP contribution >= 0.6 is 12.4 Å². The Morgan fingerprint density at radius 1 is 1.59 bits per heavy atom. The number of halogens is 1. The zero-order valence-corrected chi connectivity index (χ0v) is 10.7. The third-order valence-electron chi connectivity index (χ3n) is 2.85. The smallest absolute Gasteiger partial charge is 0.224 e. The van der Waals surface area contributed by atoms with Crippen molar-refractivity contribution in [2.45, 2.75) is 25.9 Å². The molecule has 0 aromatic carbocycles. The molecule has 1 fully saturated rings. The van der Waals surface area contributed by atoms with Crippen molar-refractivity contribution in [3.05, 3.63) is 12.4 Å². The summed E-state index contributed by atoms with van der Waals surface area (Å²) in [4.78, 5) is 13.9. The minimum absolute atomic E-state index is 0. The molecule has 1 saturated heterocycles. The van der Waals surface area contributed by atoms with Crippen LogP contribution in [0.5, 0.6) is 0 Å². The number of carbonyl (C=O) groups excluding carboxylic acids is 1. The molecule has 2 heterocycles. The Bertz CT molecular complexity index is 342. The maximum Gasteiger partial charge on any atom is 0.224 e. The molecular weight excluding hydrogens is 242 g/mol. The summed E-state index contributed by atoms with van der Waals surface area (Å²) in [5.41, 5.74) is 0. The van der Waals surface area contributed by atoms with Crippen molar-refractivity contribution in [2.75, 3.05) is 19.6 Å². The predicted octanol–water partition coefficient (Wildman–Crippen LogP) is -0.0897. The van der Waals surface area contributed by atoms with Crippen LogP contribution in [0.4, 0.5) is 0 Å². The van der Waals surface area contributed by atoms with Gasteiger partial charge in [0.05, 0.1) is 12.7 Å². The van der Waals surface area contributed by atoms with Gasteiger partial charge in [-0.15, -0.1) is 17.5 Å². The Morgan fingerprint density at radius 3 is 3.06 bits per heavy atom. The summed E-state index contributed by atoms with van der Waals surface area (Å²) in [6.45, 7) is 5.25. The Balaban J connectivity index is 0.00000144. The lowest BCUT2D eigenvalue weighted by molar-refractivity contribution is -0.134. The quantitative estimate of drug-likeness (QED) is 0.824. The number of amides is 1. The molecule has 1 aromatic rings. The van der Waals surface area contributed by atoms with Crippen molar-refractivity contribution in [1.29, 1.82) is 0 Å². The van der Waals surface area contributed by atoms with Gasteiger partial charge in [-0.05, 0) is 6.92 Å². The average molecular weight is 260 g/mol. The molecular formula is C10H18ClN5O. The van der Waals surface area contributed by atoms with Crippen LogP contribution in [0.25, 0.3) is 0 Å². The molecule has 96 valence electrons. The number of aromatic nitrogens is 3. The van der Waals surface area contributed by atoms with E-state index in [4.69, 9.17) is 0 Å². The van der Waals surface area contributed by atoms with Gasteiger partial charge in [-0.25, -0.2) is 0 Å². The molecule has 1 N–H and O–H groups in total. The summed E-state index contributed by atoms with van der Waals surface area (Å²) in [6, 6.07) is 0.289. The monoisotopic (exact) mass is 259 g/mol. The summed E-state index contributed by atoms with van der Waals surface area (Å²) in [5, 5.41) is 10.8. The topological polar surface area (TPSA) is 63.1 Å². The van der Waals surface area contributed by atoms with E-state index in [-0.39, 0.29) is 24.4 Å². The first-order chi connectivity index (χ1) is 7.77. The molecule has 1 amide bonds. The summed E-state index contributed by atoms with van der Waals surface area (Å²) in [6.07, 6.45) is 3.89. The predicted molar refractivity (Wildman–Crippen MR) is 65.9 cm³/mol. The van der Waals surface area contributed by atoms with Crippen LogP contribution in [-0.4, -0.2) is 51.5 Å². The highest BCUT2D eigenvalue weighted by atomic mass is 35.5. The van der Waals surface area contributed by atoms with Crippen LogP contribution in [0.3, 0.4) is 0 Å². The SMILES string of the molecule is C[C@@H]1CNCCN1C(=O)CCn1ccnn1.Cl. The average Bonchev–Trinajstić information content (AvgIpc) is 2.79. The molecule has 17 heavy (non-hydrogen) atoms. The molecule has 0 spiro atoms. The fraction of sp³-hybridized carbons (Fsp3) is 0.700. The van der Waals surface area contributed by atoms with Crippen LogP contribution in [0.1, 0.15) is 13.3 Å². The fourth-order valence-electron chi connectivity index (χ4n) is 1.92. The van der Waals surface area contributed by atoms with Crippen LogP contribution in [-0.2, 0) is 11.3 Å². The molecule has 2 rings (SSSR count). The van der Waals surface area contributed by atoms with Crippen molar-refractivity contribution < 1.29 is 4.79 Å². The lowest BCUT2D eigenvalue weighted by Crippen LogP contribution is -2.52. The number of nitrogens with zero attached hydrogens (tertiary/aromatic N) is 4. The van der Waals surface area contributed by atoms with Crippen LogP contribution in [0.2, 0.25) is 0 Å². The standard InChI is InChI=1S/C10H17N5O.ClH/c1-9-8-11-3-7-15(9)10(16)2-5-14-6-4-12-13-14;/h4,6,9,11H,2-3,5,7-8H2,1H3;1H/t9-;/m1./s1. The van der Waals surface area contributed by atoms with Crippen molar-refractivity contribution >= 4 is 18.3 Å². The second kappa shape index (κ2) is 6.56. The number of carbonyl (C=O) groups is 1. The van der Waals surface area contributed by atoms with E-state index in [9.17, 15) is 4.79 Å². The highest BCUT2D eigenvalue weighted by molar-refractivity contribution is 5.85. The van der Waals surface area contributed by atoms with Gasteiger partial charge in [0, 0.05) is 38.3 Å². The molecule has 1 aliphatic rings. The third kappa shape index (κ3) is 3.67. The summed E-state index contributed by atoms with van der Waals surface area (Å²) >= 11 is 0. The molecule has 6 nitrogen and oxygen atoms in total. The first-order valence-corrected chi connectivity index (χ1v) is 5.61.